The van der Waals surface area contributed by atoms with E-state index in [-0.39, 0.29) is 5.97 Å². The summed E-state index contributed by atoms with van der Waals surface area (Å²) in [7, 11) is 0. The Kier molecular flexibility index (Phi) is 5.63. The molecule has 2 nitrogen and oxygen atoms in total. The molecular weight excluding hydrogens is 224 g/mol. The fraction of sp³-hybridized carbons (Fsp3) is 0.438. The van der Waals surface area contributed by atoms with E-state index >= 15 is 0 Å². The fourth-order valence-electron chi connectivity index (χ4n) is 2.09. The number of ether oxygens (including phenoxy) is 1. The highest BCUT2D eigenvalue weighted by atomic mass is 16.5. The molecule has 0 unspecified atom stereocenters. The summed E-state index contributed by atoms with van der Waals surface area (Å²) in [5.41, 5.74) is 5.01. The summed E-state index contributed by atoms with van der Waals surface area (Å²) in [6.45, 7) is 8.61. The fourth-order valence-corrected chi connectivity index (χ4v) is 2.09. The first-order chi connectivity index (χ1) is 8.62. The van der Waals surface area contributed by atoms with Gasteiger partial charge in [0.2, 0.25) is 0 Å². The third-order valence-corrected chi connectivity index (χ3v) is 2.93. The quantitative estimate of drug-likeness (QED) is 0.585. The zero-order valence-electron chi connectivity index (χ0n) is 11.7. The standard InChI is InChI=1S/C16H22O2/c1-5-13-10-12(4)11-14(6-2)15(13)8-9-16(17)18-7-3/h8-11H,5-7H2,1-4H3. The van der Waals surface area contributed by atoms with Crippen molar-refractivity contribution in [2.75, 3.05) is 6.61 Å². The van der Waals surface area contributed by atoms with Crippen LogP contribution in [0.4, 0.5) is 0 Å². The zero-order chi connectivity index (χ0) is 13.5. The molecule has 0 atom stereocenters. The SMILES string of the molecule is CCOC(=O)C=Cc1c(CC)cc(C)cc1CC. The maximum atomic E-state index is 11.4. The lowest BCUT2D eigenvalue weighted by Gasteiger charge is -2.11. The summed E-state index contributed by atoms with van der Waals surface area (Å²) in [5.74, 6) is -0.276. The van der Waals surface area contributed by atoms with Crippen LogP contribution in [-0.2, 0) is 22.4 Å². The lowest BCUT2D eigenvalue weighted by molar-refractivity contribution is -0.137. The van der Waals surface area contributed by atoms with Gasteiger partial charge < -0.3 is 4.74 Å². The van der Waals surface area contributed by atoms with Gasteiger partial charge in [0, 0.05) is 6.08 Å². The maximum Gasteiger partial charge on any atom is 0.330 e. The molecule has 1 aromatic carbocycles. The maximum absolute atomic E-state index is 11.4. The van der Waals surface area contributed by atoms with Gasteiger partial charge in [-0.2, -0.15) is 0 Å². The van der Waals surface area contributed by atoms with Crippen LogP contribution in [0, 0.1) is 6.92 Å². The van der Waals surface area contributed by atoms with E-state index in [0.717, 1.165) is 12.8 Å². The Morgan fingerprint density at radius 1 is 1.17 bits per heavy atom. The summed E-state index contributed by atoms with van der Waals surface area (Å²) >= 11 is 0. The lowest BCUT2D eigenvalue weighted by Crippen LogP contribution is -2.00. The molecule has 0 aliphatic carbocycles. The van der Waals surface area contributed by atoms with Crippen molar-refractivity contribution in [3.05, 3.63) is 40.5 Å². The summed E-state index contributed by atoms with van der Waals surface area (Å²) in [6.07, 6.45) is 5.34. The van der Waals surface area contributed by atoms with Crippen LogP contribution in [0.5, 0.6) is 0 Å². The predicted molar refractivity (Wildman–Crippen MR) is 75.6 cm³/mol. The number of hydrogen-bond donors (Lipinski definition) is 0. The molecule has 0 spiro atoms. The van der Waals surface area contributed by atoms with Gasteiger partial charge in [-0.15, -0.1) is 0 Å². The first kappa shape index (κ1) is 14.5. The van der Waals surface area contributed by atoms with Gasteiger partial charge in [-0.1, -0.05) is 31.5 Å². The minimum absolute atomic E-state index is 0.276. The van der Waals surface area contributed by atoms with Crippen LogP contribution in [0.3, 0.4) is 0 Å². The topological polar surface area (TPSA) is 26.3 Å². The van der Waals surface area contributed by atoms with Crippen molar-refractivity contribution >= 4 is 12.0 Å². The summed E-state index contributed by atoms with van der Waals surface area (Å²) < 4.78 is 4.91. The highest BCUT2D eigenvalue weighted by Gasteiger charge is 2.05. The van der Waals surface area contributed by atoms with E-state index in [1.165, 1.54) is 28.3 Å². The second-order valence-corrected chi connectivity index (χ2v) is 4.29. The number of aryl methyl sites for hydroxylation is 3. The minimum Gasteiger partial charge on any atom is -0.463 e. The van der Waals surface area contributed by atoms with Crippen LogP contribution in [0.2, 0.25) is 0 Å². The Morgan fingerprint density at radius 3 is 2.17 bits per heavy atom. The molecule has 2 heteroatoms. The van der Waals surface area contributed by atoms with Crippen LogP contribution in [0.25, 0.3) is 6.08 Å². The van der Waals surface area contributed by atoms with Crippen LogP contribution in [0.1, 0.15) is 43.0 Å². The first-order valence-electron chi connectivity index (χ1n) is 6.59. The average molecular weight is 246 g/mol. The van der Waals surface area contributed by atoms with E-state index in [1.807, 2.05) is 13.0 Å². The van der Waals surface area contributed by atoms with Gasteiger partial charge >= 0.3 is 5.97 Å². The summed E-state index contributed by atoms with van der Waals surface area (Å²) in [6, 6.07) is 4.37. The number of rotatable bonds is 5. The van der Waals surface area contributed by atoms with Crippen molar-refractivity contribution in [3.8, 4) is 0 Å². The van der Waals surface area contributed by atoms with Crippen molar-refractivity contribution in [1.82, 2.24) is 0 Å². The van der Waals surface area contributed by atoms with Gasteiger partial charge in [-0.3, -0.25) is 0 Å². The van der Waals surface area contributed by atoms with E-state index in [1.54, 1.807) is 0 Å². The largest absolute Gasteiger partial charge is 0.463 e. The smallest absolute Gasteiger partial charge is 0.330 e. The van der Waals surface area contributed by atoms with Gasteiger partial charge in [-0.25, -0.2) is 4.79 Å². The summed E-state index contributed by atoms with van der Waals surface area (Å²) in [4.78, 5) is 11.4. The highest BCUT2D eigenvalue weighted by molar-refractivity contribution is 5.87. The molecule has 0 aliphatic rings. The van der Waals surface area contributed by atoms with Gasteiger partial charge in [-0.05, 0) is 49.5 Å². The summed E-state index contributed by atoms with van der Waals surface area (Å²) in [5, 5.41) is 0. The second kappa shape index (κ2) is 7.00. The molecule has 0 saturated heterocycles. The number of carbonyl (C=O) groups is 1. The third kappa shape index (κ3) is 3.73. The van der Waals surface area contributed by atoms with Crippen LogP contribution >= 0.6 is 0 Å². The Morgan fingerprint density at radius 2 is 1.72 bits per heavy atom. The van der Waals surface area contributed by atoms with Crippen molar-refractivity contribution in [3.63, 3.8) is 0 Å². The van der Waals surface area contributed by atoms with Crippen LogP contribution < -0.4 is 0 Å². The minimum atomic E-state index is -0.276. The molecular formula is C16H22O2. The van der Waals surface area contributed by atoms with Gasteiger partial charge in [0.05, 0.1) is 6.61 Å². The van der Waals surface area contributed by atoms with E-state index in [2.05, 4.69) is 32.9 Å². The molecule has 1 aromatic rings. The molecule has 0 bridgehead atoms. The van der Waals surface area contributed by atoms with E-state index in [4.69, 9.17) is 4.74 Å². The molecule has 0 radical (unpaired) electrons. The van der Waals surface area contributed by atoms with Gasteiger partial charge in [0.25, 0.3) is 0 Å². The van der Waals surface area contributed by atoms with Crippen LogP contribution in [0.15, 0.2) is 18.2 Å². The molecule has 98 valence electrons. The van der Waals surface area contributed by atoms with Gasteiger partial charge in [0.15, 0.2) is 0 Å². The Labute approximate surface area is 110 Å². The van der Waals surface area contributed by atoms with Crippen molar-refractivity contribution in [2.24, 2.45) is 0 Å². The van der Waals surface area contributed by atoms with Gasteiger partial charge in [0.1, 0.15) is 0 Å². The molecule has 0 N–H and O–H groups in total. The lowest BCUT2D eigenvalue weighted by atomic mass is 9.94. The number of hydrogen-bond acceptors (Lipinski definition) is 2. The van der Waals surface area contributed by atoms with Crippen LogP contribution in [-0.4, -0.2) is 12.6 Å². The number of benzene rings is 1. The monoisotopic (exact) mass is 246 g/mol. The zero-order valence-corrected chi connectivity index (χ0v) is 11.7. The molecule has 0 fully saturated rings. The van der Waals surface area contributed by atoms with E-state index in [9.17, 15) is 4.79 Å². The van der Waals surface area contributed by atoms with E-state index < -0.39 is 0 Å². The molecule has 0 saturated carbocycles. The molecule has 0 aromatic heterocycles. The highest BCUT2D eigenvalue weighted by Crippen LogP contribution is 2.20. The Bertz CT molecular complexity index is 419. The molecule has 1 rings (SSSR count). The Balaban J connectivity index is 3.09. The van der Waals surface area contributed by atoms with E-state index in [0.29, 0.717) is 6.61 Å². The molecule has 18 heavy (non-hydrogen) atoms. The van der Waals surface area contributed by atoms with Crippen molar-refractivity contribution in [2.45, 2.75) is 40.5 Å². The van der Waals surface area contributed by atoms with Crippen molar-refractivity contribution in [1.29, 1.82) is 0 Å². The predicted octanol–water partition coefficient (Wildman–Crippen LogP) is 3.70. The van der Waals surface area contributed by atoms with Crippen molar-refractivity contribution < 1.29 is 9.53 Å². The normalized spacial score (nSPS) is 10.9. The molecule has 0 heterocycles. The number of carbonyl (C=O) groups excluding carboxylic acids is 1. The first-order valence-corrected chi connectivity index (χ1v) is 6.59. The molecule has 0 aliphatic heterocycles. The number of esters is 1. The Hall–Kier alpha value is -1.57. The second-order valence-electron chi connectivity index (χ2n) is 4.29. The average Bonchev–Trinajstić information content (AvgIpc) is 2.36. The molecule has 0 amide bonds. The third-order valence-electron chi connectivity index (χ3n) is 2.93.